The number of hydrogen-bond donors (Lipinski definition) is 1. The molecule has 0 saturated carbocycles. The van der Waals surface area contributed by atoms with E-state index in [0.29, 0.717) is 6.61 Å². The summed E-state index contributed by atoms with van der Waals surface area (Å²) in [5, 5.41) is 10.3. The molecule has 2 aromatic carbocycles. The second-order valence-corrected chi connectivity index (χ2v) is 4.16. The fourth-order valence-electron chi connectivity index (χ4n) is 1.88. The topological polar surface area (TPSA) is 46.5 Å². The van der Waals surface area contributed by atoms with Gasteiger partial charge < -0.3 is 9.84 Å². The van der Waals surface area contributed by atoms with Crippen molar-refractivity contribution in [1.29, 1.82) is 0 Å². The molecule has 3 nitrogen and oxygen atoms in total. The summed E-state index contributed by atoms with van der Waals surface area (Å²) in [5.41, 5.74) is 1.20. The summed E-state index contributed by atoms with van der Waals surface area (Å²) in [5.74, 6) is 0.246. The van der Waals surface area contributed by atoms with Crippen molar-refractivity contribution < 1.29 is 14.6 Å². The highest BCUT2D eigenvalue weighted by molar-refractivity contribution is 5.93. The minimum atomic E-state index is -0.745. The number of ether oxygens (including phenoxy) is 1. The van der Waals surface area contributed by atoms with Crippen molar-refractivity contribution in [3.05, 3.63) is 48.0 Å². The van der Waals surface area contributed by atoms with Crippen LogP contribution >= 0.6 is 0 Å². The average Bonchev–Trinajstić information content (AvgIpc) is 2.48. The standard InChI is InChI=1S/C13H10O.C3H6O2/c1-2-5-11-10(4-1)7-8-13-12(11)6-3-9-14-13;1-2-3(4)5/h1-8H,9H2;2H2,1H3,(H,4,5). The second kappa shape index (κ2) is 6.05. The SMILES string of the molecule is C1=Cc2c(ccc3ccccc23)OC1.CCC(=O)O. The first-order valence-corrected chi connectivity index (χ1v) is 6.25. The molecule has 1 N–H and O–H groups in total. The molecule has 98 valence electrons. The van der Waals surface area contributed by atoms with Crippen molar-refractivity contribution in [1.82, 2.24) is 0 Å². The molecule has 0 radical (unpaired) electrons. The molecule has 0 atom stereocenters. The lowest BCUT2D eigenvalue weighted by Crippen LogP contribution is -2.00. The van der Waals surface area contributed by atoms with E-state index in [2.05, 4.69) is 42.5 Å². The van der Waals surface area contributed by atoms with Gasteiger partial charge in [-0.1, -0.05) is 43.3 Å². The molecule has 0 spiro atoms. The maximum atomic E-state index is 9.37. The molecule has 1 aliphatic heterocycles. The Morgan fingerprint density at radius 3 is 2.74 bits per heavy atom. The number of carboxylic acid groups (broad SMARTS) is 1. The van der Waals surface area contributed by atoms with Crippen LogP contribution < -0.4 is 4.74 Å². The summed E-state index contributed by atoms with van der Waals surface area (Å²) in [6.07, 6.45) is 4.41. The second-order valence-electron chi connectivity index (χ2n) is 4.16. The van der Waals surface area contributed by atoms with Crippen LogP contribution in [0.2, 0.25) is 0 Å². The van der Waals surface area contributed by atoms with Crippen molar-refractivity contribution in [3.8, 4) is 5.75 Å². The molecule has 3 heteroatoms. The van der Waals surface area contributed by atoms with Gasteiger partial charge >= 0.3 is 5.97 Å². The Morgan fingerprint density at radius 1 is 1.26 bits per heavy atom. The molecule has 0 aromatic heterocycles. The maximum absolute atomic E-state index is 9.37. The van der Waals surface area contributed by atoms with E-state index in [-0.39, 0.29) is 6.42 Å². The van der Waals surface area contributed by atoms with E-state index in [4.69, 9.17) is 9.84 Å². The lowest BCUT2D eigenvalue weighted by molar-refractivity contribution is -0.136. The van der Waals surface area contributed by atoms with Crippen LogP contribution in [0.25, 0.3) is 16.8 Å². The number of fused-ring (bicyclic) bond motifs is 3. The Labute approximate surface area is 112 Å². The average molecular weight is 256 g/mol. The Balaban J connectivity index is 0.000000232. The molecule has 19 heavy (non-hydrogen) atoms. The van der Waals surface area contributed by atoms with Gasteiger partial charge in [-0.3, -0.25) is 4.79 Å². The van der Waals surface area contributed by atoms with Crippen molar-refractivity contribution in [2.24, 2.45) is 0 Å². The van der Waals surface area contributed by atoms with E-state index in [1.54, 1.807) is 6.92 Å². The van der Waals surface area contributed by atoms with Crippen molar-refractivity contribution >= 4 is 22.8 Å². The number of rotatable bonds is 1. The van der Waals surface area contributed by atoms with Crippen LogP contribution in [0.3, 0.4) is 0 Å². The lowest BCUT2D eigenvalue weighted by Gasteiger charge is -2.14. The van der Waals surface area contributed by atoms with Crippen LogP contribution in [0.1, 0.15) is 18.9 Å². The molecule has 1 aliphatic rings. The molecule has 2 aromatic rings. The molecule has 0 unspecified atom stereocenters. The Morgan fingerprint density at radius 2 is 2.00 bits per heavy atom. The molecular formula is C16H16O3. The normalized spacial score (nSPS) is 12.1. The zero-order valence-corrected chi connectivity index (χ0v) is 10.8. The highest BCUT2D eigenvalue weighted by atomic mass is 16.5. The van der Waals surface area contributed by atoms with Gasteiger partial charge in [0.1, 0.15) is 12.4 Å². The fourth-order valence-corrected chi connectivity index (χ4v) is 1.88. The van der Waals surface area contributed by atoms with E-state index < -0.39 is 5.97 Å². The number of hydrogen-bond acceptors (Lipinski definition) is 2. The summed E-state index contributed by atoms with van der Waals surface area (Å²) in [6.45, 7) is 2.29. The first-order chi connectivity index (χ1) is 9.22. The Hall–Kier alpha value is -2.29. The van der Waals surface area contributed by atoms with Gasteiger partial charge in [0.15, 0.2) is 0 Å². The van der Waals surface area contributed by atoms with Crippen LogP contribution in [-0.4, -0.2) is 17.7 Å². The van der Waals surface area contributed by atoms with Crippen molar-refractivity contribution in [2.75, 3.05) is 6.61 Å². The minimum Gasteiger partial charge on any atom is -0.489 e. The molecule has 0 saturated heterocycles. The van der Waals surface area contributed by atoms with E-state index in [9.17, 15) is 4.79 Å². The number of aliphatic carboxylic acids is 1. The minimum absolute atomic E-state index is 0.222. The zero-order valence-electron chi connectivity index (χ0n) is 10.8. The number of carbonyl (C=O) groups is 1. The van der Waals surface area contributed by atoms with Crippen LogP contribution in [0.15, 0.2) is 42.5 Å². The van der Waals surface area contributed by atoms with Gasteiger partial charge in [-0.2, -0.15) is 0 Å². The Kier molecular flexibility index (Phi) is 4.18. The first-order valence-electron chi connectivity index (χ1n) is 6.25. The zero-order chi connectivity index (χ0) is 13.7. The van der Waals surface area contributed by atoms with Gasteiger partial charge in [0, 0.05) is 12.0 Å². The van der Waals surface area contributed by atoms with Gasteiger partial charge in [0.2, 0.25) is 0 Å². The van der Waals surface area contributed by atoms with Crippen molar-refractivity contribution in [3.63, 3.8) is 0 Å². The third kappa shape index (κ3) is 3.13. The van der Waals surface area contributed by atoms with Gasteiger partial charge in [-0.25, -0.2) is 0 Å². The lowest BCUT2D eigenvalue weighted by atomic mass is 10.0. The number of carboxylic acids is 1. The van der Waals surface area contributed by atoms with Gasteiger partial charge in [0.05, 0.1) is 0 Å². The third-order valence-electron chi connectivity index (χ3n) is 2.85. The highest BCUT2D eigenvalue weighted by Gasteiger charge is 2.08. The van der Waals surface area contributed by atoms with Gasteiger partial charge in [0.25, 0.3) is 0 Å². The van der Waals surface area contributed by atoms with E-state index in [1.807, 2.05) is 6.07 Å². The van der Waals surface area contributed by atoms with Gasteiger partial charge in [-0.15, -0.1) is 0 Å². The number of benzene rings is 2. The summed E-state index contributed by atoms with van der Waals surface area (Å²) in [4.78, 5) is 9.37. The van der Waals surface area contributed by atoms with Crippen LogP contribution in [0.4, 0.5) is 0 Å². The van der Waals surface area contributed by atoms with Gasteiger partial charge in [-0.05, 0) is 22.9 Å². The predicted molar refractivity (Wildman–Crippen MR) is 76.4 cm³/mol. The summed E-state index contributed by atoms with van der Waals surface area (Å²) >= 11 is 0. The molecule has 0 aliphatic carbocycles. The third-order valence-corrected chi connectivity index (χ3v) is 2.85. The van der Waals surface area contributed by atoms with E-state index in [0.717, 1.165) is 5.75 Å². The first kappa shape index (κ1) is 13.1. The summed E-state index contributed by atoms with van der Waals surface area (Å²) in [6, 6.07) is 12.5. The molecule has 0 fully saturated rings. The van der Waals surface area contributed by atoms with Crippen molar-refractivity contribution in [2.45, 2.75) is 13.3 Å². The maximum Gasteiger partial charge on any atom is 0.303 e. The molecule has 3 rings (SSSR count). The van der Waals surface area contributed by atoms with E-state index in [1.165, 1.54) is 16.3 Å². The molecule has 0 bridgehead atoms. The fraction of sp³-hybridized carbons (Fsp3) is 0.188. The van der Waals surface area contributed by atoms with Crippen LogP contribution in [-0.2, 0) is 4.79 Å². The Bertz CT molecular complexity index is 614. The smallest absolute Gasteiger partial charge is 0.303 e. The monoisotopic (exact) mass is 256 g/mol. The largest absolute Gasteiger partial charge is 0.489 e. The molecular weight excluding hydrogens is 240 g/mol. The predicted octanol–water partition coefficient (Wildman–Crippen LogP) is 3.73. The molecule has 0 amide bonds. The summed E-state index contributed by atoms with van der Waals surface area (Å²) < 4.78 is 5.54. The molecule has 1 heterocycles. The quantitative estimate of drug-likeness (QED) is 0.845. The van der Waals surface area contributed by atoms with Crippen LogP contribution in [0, 0.1) is 0 Å². The highest BCUT2D eigenvalue weighted by Crippen LogP contribution is 2.30. The van der Waals surface area contributed by atoms with E-state index >= 15 is 0 Å². The van der Waals surface area contributed by atoms with Crippen LogP contribution in [0.5, 0.6) is 5.75 Å². The summed E-state index contributed by atoms with van der Waals surface area (Å²) in [7, 11) is 0.